The summed E-state index contributed by atoms with van der Waals surface area (Å²) in [5.41, 5.74) is 0. The summed E-state index contributed by atoms with van der Waals surface area (Å²) in [6.07, 6.45) is 0. The lowest BCUT2D eigenvalue weighted by Crippen LogP contribution is -2.30. The SMILES string of the molecule is CC(C)N[C@@H](C)C#N. The van der Waals surface area contributed by atoms with Gasteiger partial charge < -0.3 is 0 Å². The van der Waals surface area contributed by atoms with Crippen LogP contribution >= 0.6 is 0 Å². The molecule has 0 amide bonds. The molecule has 0 aromatic heterocycles. The number of hydrogen-bond acceptors (Lipinski definition) is 2. The van der Waals surface area contributed by atoms with Crippen molar-refractivity contribution in [1.29, 1.82) is 5.26 Å². The molecule has 0 heterocycles. The van der Waals surface area contributed by atoms with Crippen LogP contribution in [-0.4, -0.2) is 12.1 Å². The van der Waals surface area contributed by atoms with Crippen LogP contribution in [0, 0.1) is 11.3 Å². The fourth-order valence-electron chi connectivity index (χ4n) is 0.537. The van der Waals surface area contributed by atoms with Crippen molar-refractivity contribution in [2.75, 3.05) is 0 Å². The Morgan fingerprint density at radius 3 is 2.00 bits per heavy atom. The average Bonchev–Trinajstić information content (AvgIpc) is 1.65. The maximum atomic E-state index is 8.27. The van der Waals surface area contributed by atoms with Crippen LogP contribution in [0.2, 0.25) is 0 Å². The molecule has 0 aliphatic heterocycles. The van der Waals surface area contributed by atoms with E-state index >= 15 is 0 Å². The zero-order valence-electron chi connectivity index (χ0n) is 5.60. The van der Waals surface area contributed by atoms with Crippen LogP contribution in [0.15, 0.2) is 0 Å². The molecule has 0 aromatic rings. The fraction of sp³-hybridized carbons (Fsp3) is 0.833. The quantitative estimate of drug-likeness (QED) is 0.576. The van der Waals surface area contributed by atoms with Gasteiger partial charge in [0.1, 0.15) is 0 Å². The molecule has 0 radical (unpaired) electrons. The van der Waals surface area contributed by atoms with E-state index in [0.717, 1.165) is 0 Å². The predicted molar refractivity (Wildman–Crippen MR) is 33.3 cm³/mol. The van der Waals surface area contributed by atoms with E-state index in [2.05, 4.69) is 11.4 Å². The minimum atomic E-state index is -0.0185. The van der Waals surface area contributed by atoms with Crippen molar-refractivity contribution in [3.8, 4) is 6.07 Å². The molecule has 0 rings (SSSR count). The number of nitriles is 1. The fourth-order valence-corrected chi connectivity index (χ4v) is 0.537. The topological polar surface area (TPSA) is 35.8 Å². The van der Waals surface area contributed by atoms with Gasteiger partial charge in [-0.25, -0.2) is 0 Å². The van der Waals surface area contributed by atoms with Crippen LogP contribution in [-0.2, 0) is 0 Å². The Morgan fingerprint density at radius 1 is 1.38 bits per heavy atom. The average molecular weight is 112 g/mol. The third-order valence-corrected chi connectivity index (χ3v) is 0.777. The van der Waals surface area contributed by atoms with Crippen molar-refractivity contribution in [3.63, 3.8) is 0 Å². The summed E-state index contributed by atoms with van der Waals surface area (Å²) in [5, 5.41) is 11.3. The summed E-state index contributed by atoms with van der Waals surface area (Å²) in [6.45, 7) is 5.89. The molecule has 8 heavy (non-hydrogen) atoms. The first-order chi connectivity index (χ1) is 3.66. The Labute approximate surface area is 50.5 Å². The zero-order chi connectivity index (χ0) is 6.57. The highest BCUT2D eigenvalue weighted by molar-refractivity contribution is 4.85. The van der Waals surface area contributed by atoms with Gasteiger partial charge in [-0.2, -0.15) is 5.26 Å². The van der Waals surface area contributed by atoms with Gasteiger partial charge in [0, 0.05) is 6.04 Å². The lowest BCUT2D eigenvalue weighted by molar-refractivity contribution is 0.556. The Bertz CT molecular complexity index is 91.2. The van der Waals surface area contributed by atoms with Gasteiger partial charge in [0.15, 0.2) is 0 Å². The Hall–Kier alpha value is -0.550. The second kappa shape index (κ2) is 3.45. The largest absolute Gasteiger partial charge is 0.300 e. The van der Waals surface area contributed by atoms with Gasteiger partial charge in [-0.05, 0) is 20.8 Å². The molecule has 0 aromatic carbocycles. The molecule has 0 fully saturated rings. The monoisotopic (exact) mass is 112 g/mol. The zero-order valence-corrected chi connectivity index (χ0v) is 5.60. The highest BCUT2D eigenvalue weighted by Crippen LogP contribution is 1.81. The van der Waals surface area contributed by atoms with E-state index in [-0.39, 0.29) is 6.04 Å². The van der Waals surface area contributed by atoms with Crippen molar-refractivity contribution in [3.05, 3.63) is 0 Å². The molecule has 2 nitrogen and oxygen atoms in total. The highest BCUT2D eigenvalue weighted by Gasteiger charge is 1.97. The van der Waals surface area contributed by atoms with Gasteiger partial charge in [0.05, 0.1) is 12.1 Å². The van der Waals surface area contributed by atoms with Gasteiger partial charge >= 0.3 is 0 Å². The van der Waals surface area contributed by atoms with Gasteiger partial charge in [0.2, 0.25) is 0 Å². The third-order valence-electron chi connectivity index (χ3n) is 0.777. The first kappa shape index (κ1) is 7.45. The molecule has 0 spiro atoms. The standard InChI is InChI=1S/C6H12N2/c1-5(2)8-6(3)4-7/h5-6,8H,1-3H3/t6-/m0/s1. The second-order valence-corrected chi connectivity index (χ2v) is 2.17. The number of rotatable bonds is 2. The second-order valence-electron chi connectivity index (χ2n) is 2.17. The first-order valence-electron chi connectivity index (χ1n) is 2.82. The van der Waals surface area contributed by atoms with Crippen molar-refractivity contribution in [1.82, 2.24) is 5.32 Å². The van der Waals surface area contributed by atoms with Gasteiger partial charge in [-0.15, -0.1) is 0 Å². The van der Waals surface area contributed by atoms with Crippen LogP contribution < -0.4 is 5.32 Å². The maximum absolute atomic E-state index is 8.27. The number of hydrogen-bond donors (Lipinski definition) is 1. The summed E-state index contributed by atoms with van der Waals surface area (Å²) in [7, 11) is 0. The van der Waals surface area contributed by atoms with E-state index in [9.17, 15) is 0 Å². The molecule has 0 aliphatic carbocycles. The van der Waals surface area contributed by atoms with E-state index < -0.39 is 0 Å². The van der Waals surface area contributed by atoms with E-state index in [1.54, 1.807) is 0 Å². The van der Waals surface area contributed by atoms with Crippen molar-refractivity contribution < 1.29 is 0 Å². The lowest BCUT2D eigenvalue weighted by atomic mass is 10.3. The smallest absolute Gasteiger partial charge is 0.0926 e. The molecule has 2 heteroatoms. The van der Waals surface area contributed by atoms with Crippen LogP contribution in [0.25, 0.3) is 0 Å². The minimum Gasteiger partial charge on any atom is -0.300 e. The van der Waals surface area contributed by atoms with E-state index in [4.69, 9.17) is 5.26 Å². The summed E-state index contributed by atoms with van der Waals surface area (Å²) in [6, 6.07) is 2.47. The summed E-state index contributed by atoms with van der Waals surface area (Å²) in [5.74, 6) is 0. The van der Waals surface area contributed by atoms with Crippen LogP contribution in [0.5, 0.6) is 0 Å². The molecule has 0 bridgehead atoms. The van der Waals surface area contributed by atoms with Crippen molar-refractivity contribution >= 4 is 0 Å². The molecule has 0 aliphatic rings. The van der Waals surface area contributed by atoms with E-state index in [1.807, 2.05) is 20.8 Å². The van der Waals surface area contributed by atoms with Crippen LogP contribution in [0.3, 0.4) is 0 Å². The molecule has 0 unspecified atom stereocenters. The highest BCUT2D eigenvalue weighted by atomic mass is 14.9. The molecule has 0 saturated heterocycles. The molecule has 0 saturated carbocycles. The summed E-state index contributed by atoms with van der Waals surface area (Å²) < 4.78 is 0. The lowest BCUT2D eigenvalue weighted by Gasteiger charge is -2.07. The third kappa shape index (κ3) is 3.63. The molecule has 1 atom stereocenters. The Kier molecular flexibility index (Phi) is 3.21. The molecular formula is C6H12N2. The molecule has 46 valence electrons. The van der Waals surface area contributed by atoms with Crippen molar-refractivity contribution in [2.45, 2.75) is 32.9 Å². The molecule has 1 N–H and O–H groups in total. The van der Waals surface area contributed by atoms with Gasteiger partial charge in [-0.3, -0.25) is 5.32 Å². The normalized spacial score (nSPS) is 13.4. The first-order valence-corrected chi connectivity index (χ1v) is 2.82. The predicted octanol–water partition coefficient (Wildman–Crippen LogP) is 0.896. The van der Waals surface area contributed by atoms with E-state index in [1.165, 1.54) is 0 Å². The number of nitrogens with one attached hydrogen (secondary N) is 1. The Morgan fingerprint density at radius 2 is 1.88 bits per heavy atom. The molecular weight excluding hydrogens is 100 g/mol. The van der Waals surface area contributed by atoms with Crippen LogP contribution in [0.1, 0.15) is 20.8 Å². The Balaban J connectivity index is 3.28. The summed E-state index contributed by atoms with van der Waals surface area (Å²) >= 11 is 0. The minimum absolute atomic E-state index is 0.0185. The van der Waals surface area contributed by atoms with Crippen molar-refractivity contribution in [2.24, 2.45) is 0 Å². The van der Waals surface area contributed by atoms with E-state index in [0.29, 0.717) is 6.04 Å². The summed E-state index contributed by atoms with van der Waals surface area (Å²) in [4.78, 5) is 0. The van der Waals surface area contributed by atoms with Gasteiger partial charge in [0.25, 0.3) is 0 Å². The maximum Gasteiger partial charge on any atom is 0.0926 e. The number of nitrogens with zero attached hydrogens (tertiary/aromatic N) is 1. The van der Waals surface area contributed by atoms with Gasteiger partial charge in [-0.1, -0.05) is 0 Å². The van der Waals surface area contributed by atoms with Crippen LogP contribution in [0.4, 0.5) is 0 Å².